The number of aromatic nitrogens is 1. The van der Waals surface area contributed by atoms with Gasteiger partial charge in [0.05, 0.1) is 5.39 Å². The van der Waals surface area contributed by atoms with Gasteiger partial charge in [0.15, 0.2) is 6.20 Å². The third-order valence-corrected chi connectivity index (χ3v) is 6.11. The summed E-state index contributed by atoms with van der Waals surface area (Å²) in [6.07, 6.45) is 9.65. The number of hydrogen-bond donors (Lipinski definition) is 0. The molecule has 0 bridgehead atoms. The fourth-order valence-corrected chi connectivity index (χ4v) is 4.70. The summed E-state index contributed by atoms with van der Waals surface area (Å²) in [4.78, 5) is 0. The van der Waals surface area contributed by atoms with E-state index in [2.05, 4.69) is 104 Å². The summed E-state index contributed by atoms with van der Waals surface area (Å²) in [5.74, 6) is 0. The molecule has 1 heterocycles. The van der Waals surface area contributed by atoms with Crippen molar-refractivity contribution in [1.29, 1.82) is 0 Å². The van der Waals surface area contributed by atoms with Crippen LogP contribution < -0.4 is 9.46 Å². The van der Waals surface area contributed by atoms with E-state index < -0.39 is 0 Å². The van der Waals surface area contributed by atoms with E-state index >= 15 is 0 Å². The fraction of sp³-hybridized carbons (Fsp3) is 0.0357. The van der Waals surface area contributed by atoms with E-state index in [-0.39, 0.29) is 0 Å². The molecule has 0 spiro atoms. The second-order valence-corrected chi connectivity index (χ2v) is 7.75. The number of pyridine rings is 1. The number of allylic oxidation sites excluding steroid dienone is 2. The van der Waals surface area contributed by atoms with Gasteiger partial charge < -0.3 is 0 Å². The molecule has 0 unspecified atom stereocenters. The molecule has 5 aromatic rings. The maximum atomic E-state index is 4.28. The summed E-state index contributed by atoms with van der Waals surface area (Å²) < 4.78 is 1.99. The molecule has 1 aromatic heterocycles. The summed E-state index contributed by atoms with van der Waals surface area (Å²) >= 11 is 0. The molecule has 0 N–H and O–H groups in total. The quantitative estimate of drug-likeness (QED) is 0.259. The van der Waals surface area contributed by atoms with Gasteiger partial charge in [-0.05, 0) is 56.9 Å². The van der Waals surface area contributed by atoms with Crippen LogP contribution in [0.3, 0.4) is 0 Å². The zero-order valence-electron chi connectivity index (χ0n) is 16.1. The molecular weight excluding hydrogens is 350 g/mol. The number of hydrogen-bond acceptors (Lipinski definition) is 0. The summed E-state index contributed by atoms with van der Waals surface area (Å²) in [5, 5.41) is 11.3. The van der Waals surface area contributed by atoms with Crippen molar-refractivity contribution < 1.29 is 4.24 Å². The van der Waals surface area contributed by atoms with Crippen LogP contribution in [0.25, 0.3) is 38.4 Å². The lowest BCUT2D eigenvalue weighted by Gasteiger charge is -2.08. The molecule has 0 radical (unpaired) electrons. The second kappa shape index (κ2) is 6.15. The molecule has 4 aromatic carbocycles. The Kier molecular flexibility index (Phi) is 3.45. The first-order valence-corrected chi connectivity index (χ1v) is 10.0. The monoisotopic (exact) mass is 370 g/mol. The Morgan fingerprint density at radius 2 is 1.59 bits per heavy atom. The molecule has 0 atom stereocenters. The lowest BCUT2D eigenvalue weighted by atomic mass is 9.96. The number of rotatable bonds is 0. The van der Waals surface area contributed by atoms with Gasteiger partial charge in [-0.25, -0.2) is 0 Å². The van der Waals surface area contributed by atoms with Gasteiger partial charge in [0, 0.05) is 16.7 Å². The highest BCUT2D eigenvalue weighted by atomic mass is 14.8. The highest BCUT2D eigenvalue weighted by Gasteiger charge is 2.09. The highest BCUT2D eigenvalue weighted by molar-refractivity contribution is 6.07. The molecule has 0 fully saturated rings. The Bertz CT molecular complexity index is 1690. The number of nitrogens with zero attached hydrogens (tertiary/aromatic N) is 1. The maximum Gasteiger partial charge on any atom is 0.225 e. The fourth-order valence-electron chi connectivity index (χ4n) is 4.70. The van der Waals surface area contributed by atoms with Crippen molar-refractivity contribution in [3.8, 4) is 0 Å². The number of benzene rings is 4. The zero-order chi connectivity index (χ0) is 19.4. The van der Waals surface area contributed by atoms with Crippen molar-refractivity contribution in [3.05, 3.63) is 119 Å². The third kappa shape index (κ3) is 2.44. The van der Waals surface area contributed by atoms with Crippen molar-refractivity contribution in [3.63, 3.8) is 0 Å². The minimum Gasteiger partial charge on any atom is -0.173 e. The van der Waals surface area contributed by atoms with Gasteiger partial charge in [-0.3, -0.25) is 0 Å². The van der Waals surface area contributed by atoms with Gasteiger partial charge in [-0.2, -0.15) is 4.24 Å². The number of fused-ring (bicyclic) bond motifs is 6. The van der Waals surface area contributed by atoms with E-state index in [9.17, 15) is 0 Å². The lowest BCUT2D eigenvalue weighted by Crippen LogP contribution is -2.15. The van der Waals surface area contributed by atoms with Gasteiger partial charge in [-0.1, -0.05) is 66.8 Å². The summed E-state index contributed by atoms with van der Waals surface area (Å²) in [6.45, 7) is 4.28. The standard InChI is InChI=1S/C28H20N/c1-29-17-16-26-24-9-5-3-7-20(24)12-15-27(26)28(29)22-13-14-25-21(18-22)11-10-19-6-2-4-8-23(19)25/h2-7,9-18H,1,8H2/q+1. The molecule has 29 heavy (non-hydrogen) atoms. The molecular formula is C28H20N+. The Morgan fingerprint density at radius 1 is 0.724 bits per heavy atom. The van der Waals surface area contributed by atoms with Crippen molar-refractivity contribution >= 4 is 38.4 Å². The van der Waals surface area contributed by atoms with Crippen LogP contribution in [0, 0.1) is 17.3 Å². The smallest absolute Gasteiger partial charge is 0.173 e. The van der Waals surface area contributed by atoms with Crippen LogP contribution in [0.15, 0.2) is 91.1 Å². The molecule has 1 aliphatic rings. The Balaban J connectivity index is 1.79. The molecule has 1 heteroatoms. The van der Waals surface area contributed by atoms with E-state index in [1.165, 1.54) is 48.3 Å². The SMILES string of the molecule is C=[n+]1ccc2c(ccc3ccccc32)c1=c1ccc2c3c(ccc2c1)=CC=CC3. The third-order valence-electron chi connectivity index (χ3n) is 6.11. The van der Waals surface area contributed by atoms with E-state index in [0.717, 1.165) is 11.8 Å². The van der Waals surface area contributed by atoms with Crippen molar-refractivity contribution in [1.82, 2.24) is 0 Å². The lowest BCUT2D eigenvalue weighted by molar-refractivity contribution is -0.508. The van der Waals surface area contributed by atoms with Crippen LogP contribution in [0.2, 0.25) is 0 Å². The van der Waals surface area contributed by atoms with Crippen LogP contribution in [-0.4, -0.2) is 0 Å². The van der Waals surface area contributed by atoms with E-state index in [4.69, 9.17) is 0 Å². The van der Waals surface area contributed by atoms with E-state index in [1.807, 2.05) is 4.24 Å². The second-order valence-electron chi connectivity index (χ2n) is 7.75. The molecule has 0 saturated heterocycles. The van der Waals surface area contributed by atoms with Gasteiger partial charge in [0.25, 0.3) is 0 Å². The molecule has 0 saturated carbocycles. The molecule has 136 valence electrons. The minimum absolute atomic E-state index is 0.998. The van der Waals surface area contributed by atoms with Gasteiger partial charge in [0.2, 0.25) is 5.35 Å². The largest absolute Gasteiger partial charge is 0.225 e. The summed E-state index contributed by atoms with van der Waals surface area (Å²) in [5.41, 5.74) is 1.42. The summed E-state index contributed by atoms with van der Waals surface area (Å²) in [6, 6.07) is 26.5. The zero-order valence-corrected chi connectivity index (χ0v) is 16.1. The normalized spacial score (nSPS) is 14.2. The highest BCUT2D eigenvalue weighted by Crippen LogP contribution is 2.25. The average molecular weight is 370 g/mol. The van der Waals surface area contributed by atoms with Crippen molar-refractivity contribution in [2.24, 2.45) is 0 Å². The van der Waals surface area contributed by atoms with Gasteiger partial charge in [-0.15, -0.1) is 0 Å². The maximum absolute atomic E-state index is 4.28. The first-order chi connectivity index (χ1) is 14.3. The van der Waals surface area contributed by atoms with Gasteiger partial charge in [0.1, 0.15) is 6.72 Å². The predicted octanol–water partition coefficient (Wildman–Crippen LogP) is 5.25. The van der Waals surface area contributed by atoms with Gasteiger partial charge >= 0.3 is 0 Å². The van der Waals surface area contributed by atoms with Crippen LogP contribution >= 0.6 is 0 Å². The average Bonchev–Trinajstić information content (AvgIpc) is 2.78. The molecule has 6 rings (SSSR count). The van der Waals surface area contributed by atoms with Crippen LogP contribution in [0.5, 0.6) is 0 Å². The van der Waals surface area contributed by atoms with Crippen LogP contribution in [0.4, 0.5) is 0 Å². The Labute approximate surface area is 168 Å². The molecule has 1 aliphatic carbocycles. The van der Waals surface area contributed by atoms with Crippen molar-refractivity contribution in [2.45, 2.75) is 6.42 Å². The summed E-state index contributed by atoms with van der Waals surface area (Å²) in [7, 11) is 0. The minimum atomic E-state index is 0.998. The molecule has 0 amide bonds. The predicted molar refractivity (Wildman–Crippen MR) is 121 cm³/mol. The first-order valence-electron chi connectivity index (χ1n) is 10.0. The molecule has 1 nitrogen and oxygen atoms in total. The van der Waals surface area contributed by atoms with E-state index in [0.29, 0.717) is 0 Å². The Hall–Kier alpha value is -3.71. The van der Waals surface area contributed by atoms with Crippen LogP contribution in [0.1, 0.15) is 5.56 Å². The topological polar surface area (TPSA) is 5.90 Å². The first kappa shape index (κ1) is 16.3. The molecule has 0 aliphatic heterocycles. The van der Waals surface area contributed by atoms with Crippen LogP contribution in [-0.2, 0) is 6.42 Å². The van der Waals surface area contributed by atoms with Crippen molar-refractivity contribution in [2.75, 3.05) is 0 Å². The van der Waals surface area contributed by atoms with E-state index in [1.54, 1.807) is 0 Å². The Morgan fingerprint density at radius 3 is 2.55 bits per heavy atom.